The van der Waals surface area contributed by atoms with E-state index in [1.54, 1.807) is 7.05 Å². The van der Waals surface area contributed by atoms with Gasteiger partial charge in [0.25, 0.3) is 0 Å². The first-order chi connectivity index (χ1) is 7.12. The van der Waals surface area contributed by atoms with E-state index in [9.17, 15) is 4.79 Å². The Morgan fingerprint density at radius 2 is 2.40 bits per heavy atom. The molecular weight excluding hydrogens is 192 g/mol. The van der Waals surface area contributed by atoms with Gasteiger partial charge in [0.05, 0.1) is 5.60 Å². The van der Waals surface area contributed by atoms with E-state index < -0.39 is 0 Å². The van der Waals surface area contributed by atoms with E-state index in [4.69, 9.17) is 10.5 Å². The van der Waals surface area contributed by atoms with Crippen LogP contribution >= 0.6 is 0 Å². The second kappa shape index (κ2) is 5.47. The van der Waals surface area contributed by atoms with Gasteiger partial charge < -0.3 is 15.8 Å². The lowest BCUT2D eigenvalue weighted by Gasteiger charge is -2.38. The van der Waals surface area contributed by atoms with E-state index in [-0.39, 0.29) is 18.1 Å². The Balaban J connectivity index is 2.48. The quantitative estimate of drug-likeness (QED) is 0.722. The minimum atomic E-state index is -0.260. The molecule has 4 heteroatoms. The lowest BCUT2D eigenvalue weighted by atomic mass is 9.79. The molecule has 0 radical (unpaired) electrons. The maximum absolute atomic E-state index is 11.1. The number of likely N-dealkylation sites (N-methyl/N-ethyl adjacent to an activating group) is 1. The summed E-state index contributed by atoms with van der Waals surface area (Å²) in [5, 5.41) is 2.55. The van der Waals surface area contributed by atoms with Crippen LogP contribution in [0, 0.1) is 5.92 Å². The first kappa shape index (κ1) is 12.5. The molecule has 0 heterocycles. The van der Waals surface area contributed by atoms with Crippen molar-refractivity contribution in [3.63, 3.8) is 0 Å². The molecule has 3 N–H and O–H groups in total. The lowest BCUT2D eigenvalue weighted by molar-refractivity contribution is -0.136. The summed E-state index contributed by atoms with van der Waals surface area (Å²) in [4.78, 5) is 11.1. The van der Waals surface area contributed by atoms with Gasteiger partial charge in [-0.2, -0.15) is 0 Å². The molecule has 0 aromatic carbocycles. The van der Waals surface area contributed by atoms with Crippen molar-refractivity contribution in [2.45, 2.75) is 38.2 Å². The van der Waals surface area contributed by atoms with Crippen LogP contribution < -0.4 is 11.1 Å². The monoisotopic (exact) mass is 214 g/mol. The molecule has 88 valence electrons. The summed E-state index contributed by atoms with van der Waals surface area (Å²) in [6.45, 7) is 2.85. The van der Waals surface area contributed by atoms with E-state index in [1.807, 2.05) is 0 Å². The molecule has 1 fully saturated rings. The highest BCUT2D eigenvalue weighted by atomic mass is 16.5. The molecule has 1 rings (SSSR count). The number of carbonyl (C=O) groups is 1. The normalized spacial score (nSPS) is 31.3. The zero-order valence-corrected chi connectivity index (χ0v) is 9.71. The van der Waals surface area contributed by atoms with Gasteiger partial charge in [0, 0.05) is 13.6 Å². The second-order valence-corrected chi connectivity index (χ2v) is 4.55. The van der Waals surface area contributed by atoms with Crippen molar-refractivity contribution in [3.05, 3.63) is 0 Å². The molecule has 15 heavy (non-hydrogen) atoms. The third kappa shape index (κ3) is 3.47. The highest BCUT2D eigenvalue weighted by molar-refractivity contribution is 5.76. The SMILES string of the molecule is CNC(=O)COC1(CN)CCCC(C)C1. The molecule has 1 saturated carbocycles. The van der Waals surface area contributed by atoms with Gasteiger partial charge in [-0.25, -0.2) is 0 Å². The molecule has 2 atom stereocenters. The van der Waals surface area contributed by atoms with Crippen LogP contribution in [0.15, 0.2) is 0 Å². The largest absolute Gasteiger partial charge is 0.364 e. The van der Waals surface area contributed by atoms with Gasteiger partial charge in [-0.3, -0.25) is 4.79 Å². The number of nitrogens with one attached hydrogen (secondary N) is 1. The second-order valence-electron chi connectivity index (χ2n) is 4.55. The maximum atomic E-state index is 11.1. The Bertz CT molecular complexity index is 221. The van der Waals surface area contributed by atoms with Crippen molar-refractivity contribution in [3.8, 4) is 0 Å². The number of amides is 1. The molecular formula is C11H22N2O2. The van der Waals surface area contributed by atoms with Crippen LogP contribution in [-0.2, 0) is 9.53 Å². The molecule has 1 amide bonds. The van der Waals surface area contributed by atoms with Crippen LogP contribution in [0.2, 0.25) is 0 Å². The Labute approximate surface area is 91.5 Å². The number of hydrogen-bond donors (Lipinski definition) is 2. The molecule has 1 aliphatic rings. The lowest BCUT2D eigenvalue weighted by Crippen LogP contribution is -2.46. The molecule has 0 aromatic heterocycles. The number of carbonyl (C=O) groups excluding carboxylic acids is 1. The summed E-state index contributed by atoms with van der Waals surface area (Å²) in [5.74, 6) is 0.563. The summed E-state index contributed by atoms with van der Waals surface area (Å²) in [6, 6.07) is 0. The van der Waals surface area contributed by atoms with Crippen LogP contribution in [0.4, 0.5) is 0 Å². The van der Waals surface area contributed by atoms with Crippen LogP contribution in [0.3, 0.4) is 0 Å². The van der Waals surface area contributed by atoms with E-state index >= 15 is 0 Å². The fourth-order valence-electron chi connectivity index (χ4n) is 2.28. The minimum absolute atomic E-state index is 0.0824. The summed E-state index contributed by atoms with van der Waals surface area (Å²) in [7, 11) is 1.62. The Morgan fingerprint density at radius 3 is 2.93 bits per heavy atom. The van der Waals surface area contributed by atoms with Gasteiger partial charge in [-0.05, 0) is 18.8 Å². The zero-order chi connectivity index (χ0) is 11.3. The van der Waals surface area contributed by atoms with Crippen molar-refractivity contribution < 1.29 is 9.53 Å². The molecule has 0 bridgehead atoms. The highest BCUT2D eigenvalue weighted by Gasteiger charge is 2.34. The van der Waals surface area contributed by atoms with E-state index in [1.165, 1.54) is 6.42 Å². The predicted octanol–water partition coefficient (Wildman–Crippen LogP) is 0.657. The number of ether oxygens (including phenoxy) is 1. The minimum Gasteiger partial charge on any atom is -0.364 e. The van der Waals surface area contributed by atoms with E-state index in [0.717, 1.165) is 19.3 Å². The van der Waals surface area contributed by atoms with Crippen molar-refractivity contribution in [2.24, 2.45) is 11.7 Å². The van der Waals surface area contributed by atoms with Crippen molar-refractivity contribution >= 4 is 5.91 Å². The standard InChI is InChI=1S/C11H22N2O2/c1-9-4-3-5-11(6-9,8-12)15-7-10(14)13-2/h9H,3-8,12H2,1-2H3,(H,13,14). The summed E-state index contributed by atoms with van der Waals surface area (Å²) in [6.07, 6.45) is 4.34. The van der Waals surface area contributed by atoms with E-state index in [0.29, 0.717) is 12.5 Å². The van der Waals surface area contributed by atoms with Gasteiger partial charge >= 0.3 is 0 Å². The fourth-order valence-corrected chi connectivity index (χ4v) is 2.28. The summed E-state index contributed by atoms with van der Waals surface area (Å²) < 4.78 is 5.71. The van der Waals surface area contributed by atoms with Crippen molar-refractivity contribution in [2.75, 3.05) is 20.2 Å². The van der Waals surface area contributed by atoms with Crippen LogP contribution in [0.5, 0.6) is 0 Å². The topological polar surface area (TPSA) is 64.3 Å². The van der Waals surface area contributed by atoms with Gasteiger partial charge in [0.15, 0.2) is 0 Å². The average molecular weight is 214 g/mol. The molecule has 4 nitrogen and oxygen atoms in total. The molecule has 1 aliphatic carbocycles. The molecule has 0 saturated heterocycles. The van der Waals surface area contributed by atoms with Crippen LogP contribution in [0.25, 0.3) is 0 Å². The Kier molecular flexibility index (Phi) is 4.54. The van der Waals surface area contributed by atoms with Crippen LogP contribution in [0.1, 0.15) is 32.6 Å². The maximum Gasteiger partial charge on any atom is 0.245 e. The molecule has 2 unspecified atom stereocenters. The highest BCUT2D eigenvalue weighted by Crippen LogP contribution is 2.34. The predicted molar refractivity (Wildman–Crippen MR) is 59.4 cm³/mol. The summed E-state index contributed by atoms with van der Waals surface area (Å²) in [5.41, 5.74) is 5.51. The first-order valence-corrected chi connectivity index (χ1v) is 5.66. The average Bonchev–Trinajstić information content (AvgIpc) is 2.26. The molecule has 0 aromatic rings. The van der Waals surface area contributed by atoms with Gasteiger partial charge in [0.1, 0.15) is 6.61 Å². The van der Waals surface area contributed by atoms with Gasteiger partial charge in [0.2, 0.25) is 5.91 Å². The smallest absolute Gasteiger partial charge is 0.245 e. The number of hydrogen-bond acceptors (Lipinski definition) is 3. The number of nitrogens with two attached hydrogens (primary N) is 1. The number of rotatable bonds is 4. The fraction of sp³-hybridized carbons (Fsp3) is 0.909. The molecule has 0 spiro atoms. The van der Waals surface area contributed by atoms with Gasteiger partial charge in [-0.1, -0.05) is 19.8 Å². The van der Waals surface area contributed by atoms with E-state index in [2.05, 4.69) is 12.2 Å². The van der Waals surface area contributed by atoms with Crippen LogP contribution in [-0.4, -0.2) is 31.7 Å². The third-order valence-electron chi connectivity index (χ3n) is 3.21. The summed E-state index contributed by atoms with van der Waals surface area (Å²) >= 11 is 0. The Morgan fingerprint density at radius 1 is 1.67 bits per heavy atom. The van der Waals surface area contributed by atoms with Gasteiger partial charge in [-0.15, -0.1) is 0 Å². The Hall–Kier alpha value is -0.610. The van der Waals surface area contributed by atoms with Crippen molar-refractivity contribution in [1.29, 1.82) is 0 Å². The first-order valence-electron chi connectivity index (χ1n) is 5.66. The third-order valence-corrected chi connectivity index (χ3v) is 3.21. The van der Waals surface area contributed by atoms with Crippen molar-refractivity contribution in [1.82, 2.24) is 5.32 Å². The molecule has 0 aliphatic heterocycles. The zero-order valence-electron chi connectivity index (χ0n) is 9.71.